The average molecular weight is 352 g/mol. The lowest BCUT2D eigenvalue weighted by molar-refractivity contribution is -0.152. The zero-order valence-corrected chi connectivity index (χ0v) is 13.6. The van der Waals surface area contributed by atoms with Crippen LogP contribution in [0.3, 0.4) is 0 Å². The Morgan fingerprint density at radius 2 is 2.08 bits per heavy atom. The number of hydrogen-bond donors (Lipinski definition) is 2. The normalized spacial score (nSPS) is 25.8. The molecule has 1 fully saturated rings. The molecule has 3 N–H and O–H groups in total. The molecule has 0 saturated carbocycles. The topological polar surface area (TPSA) is 119 Å². The van der Waals surface area contributed by atoms with E-state index in [4.69, 9.17) is 15.2 Å². The number of hydrogen-bond acceptors (Lipinski definition) is 7. The summed E-state index contributed by atoms with van der Waals surface area (Å²) in [5.41, 5.74) is 6.05. The summed E-state index contributed by atoms with van der Waals surface area (Å²) in [4.78, 5) is 25.1. The highest BCUT2D eigenvalue weighted by Crippen LogP contribution is 2.33. The largest absolute Gasteiger partial charge is 0.509 e. The molecule has 1 amide bonds. The lowest BCUT2D eigenvalue weighted by Gasteiger charge is -2.46. The molecule has 1 aromatic carbocycles. The summed E-state index contributed by atoms with van der Waals surface area (Å²) in [5.74, 6) is -1.40. The standard InChI is InChI=1S/C15H16N2O6S/c1-22-9-4-2-8(3-5-9)6-23-15(20)12-10(18)7-24(21)14-11(16)13(19)17(12)14/h2-5,11,14,18H,6-7,16H2,1H3/t11?,14-,24?/m0/s1. The van der Waals surface area contributed by atoms with Gasteiger partial charge in [0.25, 0.3) is 0 Å². The van der Waals surface area contributed by atoms with Crippen molar-refractivity contribution in [1.29, 1.82) is 0 Å². The van der Waals surface area contributed by atoms with Crippen molar-refractivity contribution in [2.24, 2.45) is 5.73 Å². The molecule has 0 bridgehead atoms. The molecule has 9 heteroatoms. The average Bonchev–Trinajstić information content (AvgIpc) is 2.58. The van der Waals surface area contributed by atoms with E-state index in [0.29, 0.717) is 11.3 Å². The lowest BCUT2D eigenvalue weighted by Crippen LogP contribution is -2.71. The molecule has 3 rings (SSSR count). The maximum atomic E-state index is 12.3. The van der Waals surface area contributed by atoms with Gasteiger partial charge in [-0.25, -0.2) is 4.79 Å². The third-order valence-corrected chi connectivity index (χ3v) is 5.47. The molecule has 128 valence electrons. The number of ether oxygens (including phenoxy) is 2. The minimum absolute atomic E-state index is 0.0402. The van der Waals surface area contributed by atoms with Crippen LogP contribution in [-0.2, 0) is 31.7 Å². The van der Waals surface area contributed by atoms with Crippen LogP contribution in [-0.4, -0.2) is 50.4 Å². The van der Waals surface area contributed by atoms with Crippen molar-refractivity contribution in [1.82, 2.24) is 4.90 Å². The number of nitrogens with two attached hydrogens (primary N) is 1. The highest BCUT2D eigenvalue weighted by atomic mass is 32.2. The van der Waals surface area contributed by atoms with Crippen LogP contribution in [0.15, 0.2) is 35.7 Å². The summed E-state index contributed by atoms with van der Waals surface area (Å²) >= 11 is 0. The summed E-state index contributed by atoms with van der Waals surface area (Å²) in [6.45, 7) is -0.0402. The SMILES string of the molecule is COc1ccc(COC(=O)C2=C(O)CS(=O)[C@H]3C(N)C(=O)N23)cc1. The number of esters is 1. The summed E-state index contributed by atoms with van der Waals surface area (Å²) in [7, 11) is 0.00466. The van der Waals surface area contributed by atoms with E-state index in [-0.39, 0.29) is 18.1 Å². The third kappa shape index (κ3) is 2.65. The Bertz CT molecular complexity index is 745. The number of fused-ring (bicyclic) bond motifs is 1. The highest BCUT2D eigenvalue weighted by molar-refractivity contribution is 7.86. The van der Waals surface area contributed by atoms with Crippen molar-refractivity contribution >= 4 is 22.7 Å². The van der Waals surface area contributed by atoms with Crippen LogP contribution in [0.5, 0.6) is 5.75 Å². The Balaban J connectivity index is 1.72. The summed E-state index contributed by atoms with van der Waals surface area (Å²) in [6.07, 6.45) is 0. The molecule has 0 radical (unpaired) electrons. The molecule has 2 heterocycles. The van der Waals surface area contributed by atoms with Crippen LogP contribution in [0, 0.1) is 0 Å². The zero-order valence-electron chi connectivity index (χ0n) is 12.8. The first kappa shape index (κ1) is 16.5. The number of aliphatic hydroxyl groups excluding tert-OH is 1. The Kier molecular flexibility index (Phi) is 4.29. The van der Waals surface area contributed by atoms with E-state index >= 15 is 0 Å². The van der Waals surface area contributed by atoms with Gasteiger partial charge < -0.3 is 20.3 Å². The van der Waals surface area contributed by atoms with Crippen molar-refractivity contribution < 1.29 is 28.4 Å². The van der Waals surface area contributed by atoms with Gasteiger partial charge in [-0.3, -0.25) is 13.9 Å². The van der Waals surface area contributed by atoms with Gasteiger partial charge in [-0.2, -0.15) is 0 Å². The molecule has 0 spiro atoms. The molecule has 2 unspecified atom stereocenters. The molecule has 0 aromatic heterocycles. The van der Waals surface area contributed by atoms with Crippen molar-refractivity contribution in [3.8, 4) is 5.75 Å². The van der Waals surface area contributed by atoms with E-state index in [1.54, 1.807) is 31.4 Å². The van der Waals surface area contributed by atoms with Crippen LogP contribution >= 0.6 is 0 Å². The van der Waals surface area contributed by atoms with Gasteiger partial charge in [0, 0.05) is 0 Å². The van der Waals surface area contributed by atoms with Crippen LogP contribution in [0.1, 0.15) is 5.56 Å². The first-order valence-electron chi connectivity index (χ1n) is 7.12. The van der Waals surface area contributed by atoms with Crippen molar-refractivity contribution in [3.05, 3.63) is 41.3 Å². The fraction of sp³-hybridized carbons (Fsp3) is 0.333. The van der Waals surface area contributed by atoms with Gasteiger partial charge in [0.05, 0.1) is 23.7 Å². The van der Waals surface area contributed by atoms with Gasteiger partial charge in [0.15, 0.2) is 5.70 Å². The molecular formula is C15H16N2O6S. The van der Waals surface area contributed by atoms with Gasteiger partial charge in [-0.05, 0) is 17.7 Å². The van der Waals surface area contributed by atoms with Gasteiger partial charge in [-0.1, -0.05) is 12.1 Å². The van der Waals surface area contributed by atoms with Gasteiger partial charge in [0.2, 0.25) is 5.91 Å². The van der Waals surface area contributed by atoms with Crippen molar-refractivity contribution in [3.63, 3.8) is 0 Å². The monoisotopic (exact) mass is 352 g/mol. The fourth-order valence-electron chi connectivity index (χ4n) is 2.59. The third-order valence-electron chi connectivity index (χ3n) is 3.87. The zero-order chi connectivity index (χ0) is 17.4. The van der Waals surface area contributed by atoms with Crippen LogP contribution in [0.4, 0.5) is 0 Å². The van der Waals surface area contributed by atoms with E-state index in [1.165, 1.54) is 0 Å². The molecule has 1 aromatic rings. The second-order valence-corrected chi connectivity index (χ2v) is 6.90. The number of rotatable bonds is 4. The summed E-state index contributed by atoms with van der Waals surface area (Å²) in [5, 5.41) is 9.14. The Morgan fingerprint density at radius 1 is 1.42 bits per heavy atom. The van der Waals surface area contributed by atoms with Crippen LogP contribution in [0.2, 0.25) is 0 Å². The Morgan fingerprint density at radius 3 is 2.71 bits per heavy atom. The number of aliphatic hydroxyl groups is 1. The molecule has 2 aliphatic rings. The lowest BCUT2D eigenvalue weighted by atomic mass is 10.1. The quantitative estimate of drug-likeness (QED) is 0.567. The smallest absolute Gasteiger partial charge is 0.358 e. The van der Waals surface area contributed by atoms with Gasteiger partial charge >= 0.3 is 5.97 Å². The summed E-state index contributed by atoms with van der Waals surface area (Å²) in [6, 6.07) is 5.96. The van der Waals surface area contributed by atoms with Crippen molar-refractivity contribution in [2.75, 3.05) is 12.9 Å². The van der Waals surface area contributed by atoms with Crippen LogP contribution in [0.25, 0.3) is 0 Å². The van der Waals surface area contributed by atoms with E-state index < -0.39 is 39.9 Å². The maximum Gasteiger partial charge on any atom is 0.358 e. The minimum atomic E-state index is -1.54. The number of methoxy groups -OCH3 is 1. The molecule has 8 nitrogen and oxygen atoms in total. The molecule has 0 aliphatic carbocycles. The van der Waals surface area contributed by atoms with E-state index in [9.17, 15) is 18.9 Å². The van der Waals surface area contributed by atoms with Gasteiger partial charge in [-0.15, -0.1) is 0 Å². The second-order valence-electron chi connectivity index (χ2n) is 5.37. The first-order chi connectivity index (χ1) is 11.4. The molecule has 1 saturated heterocycles. The highest BCUT2D eigenvalue weighted by Gasteiger charge is 2.55. The summed E-state index contributed by atoms with van der Waals surface area (Å²) < 4.78 is 22.1. The fourth-order valence-corrected chi connectivity index (χ4v) is 4.05. The molecule has 3 atom stereocenters. The van der Waals surface area contributed by atoms with E-state index in [2.05, 4.69) is 0 Å². The number of carbonyl (C=O) groups excluding carboxylic acids is 2. The molecule has 24 heavy (non-hydrogen) atoms. The minimum Gasteiger partial charge on any atom is -0.509 e. The number of β-lactam (4-membered cyclic amide) rings is 1. The predicted molar refractivity (Wildman–Crippen MR) is 84.1 cm³/mol. The van der Waals surface area contributed by atoms with E-state index in [0.717, 1.165) is 4.90 Å². The van der Waals surface area contributed by atoms with Gasteiger partial charge in [0.1, 0.15) is 29.5 Å². The number of carbonyl (C=O) groups is 2. The molecule has 2 aliphatic heterocycles. The van der Waals surface area contributed by atoms with Crippen molar-refractivity contribution in [2.45, 2.75) is 18.0 Å². The second kappa shape index (κ2) is 6.25. The number of amides is 1. The predicted octanol–water partition coefficient (Wildman–Crippen LogP) is -0.234. The Hall–Kier alpha value is -2.39. The van der Waals surface area contributed by atoms with Crippen LogP contribution < -0.4 is 10.5 Å². The number of benzene rings is 1. The van der Waals surface area contributed by atoms with E-state index in [1.807, 2.05) is 0 Å². The number of nitrogens with zero attached hydrogens (tertiary/aromatic N) is 1. The Labute approximate surface area is 140 Å². The molecular weight excluding hydrogens is 336 g/mol. The maximum absolute atomic E-state index is 12.3. The first-order valence-corrected chi connectivity index (χ1v) is 8.50.